The fraction of sp³-hybridized carbons (Fsp3) is 0.556. The van der Waals surface area contributed by atoms with E-state index in [-0.39, 0.29) is 5.03 Å². The van der Waals surface area contributed by atoms with Crippen LogP contribution in [0.2, 0.25) is 0 Å². The Bertz CT molecular complexity index is 345. The highest BCUT2D eigenvalue weighted by Crippen LogP contribution is 2.15. The lowest BCUT2D eigenvalue weighted by Gasteiger charge is -2.16. The quantitative estimate of drug-likeness (QED) is 0.783. The highest BCUT2D eigenvalue weighted by Gasteiger charge is 2.18. The zero-order valence-corrected chi connectivity index (χ0v) is 10.00. The number of aromatic nitrogens is 2. The lowest BCUT2D eigenvalue weighted by atomic mass is 10.2. The van der Waals surface area contributed by atoms with Crippen LogP contribution < -0.4 is 4.74 Å². The van der Waals surface area contributed by atoms with Crippen molar-refractivity contribution in [1.82, 2.24) is 10.2 Å². The second kappa shape index (κ2) is 4.67. The summed E-state index contributed by atoms with van der Waals surface area (Å²) in [6.07, 6.45) is 0. The summed E-state index contributed by atoms with van der Waals surface area (Å²) in [6, 6.07) is 3.15. The van der Waals surface area contributed by atoms with Crippen LogP contribution >= 0.6 is 0 Å². The van der Waals surface area contributed by atoms with Crippen LogP contribution in [0.15, 0.2) is 17.2 Å². The molecule has 1 rings (SSSR count). The first-order valence-corrected chi connectivity index (χ1v) is 5.49. The molecular formula is C9H14N2O3S. The van der Waals surface area contributed by atoms with E-state index in [0.717, 1.165) is 0 Å². The molecule has 15 heavy (non-hydrogen) atoms. The first-order valence-electron chi connectivity index (χ1n) is 4.41. The molecule has 1 heterocycles. The Morgan fingerprint density at radius 1 is 1.27 bits per heavy atom. The first kappa shape index (κ1) is 12.1. The van der Waals surface area contributed by atoms with E-state index in [9.17, 15) is 4.21 Å². The van der Waals surface area contributed by atoms with Crippen molar-refractivity contribution in [3.05, 3.63) is 12.1 Å². The molecule has 1 aromatic rings. The van der Waals surface area contributed by atoms with Crippen LogP contribution in [0.3, 0.4) is 0 Å². The molecule has 0 radical (unpaired) electrons. The smallest absolute Gasteiger partial charge is 0.233 e. The van der Waals surface area contributed by atoms with Crippen molar-refractivity contribution < 1.29 is 13.1 Å². The van der Waals surface area contributed by atoms with Crippen LogP contribution in [-0.4, -0.2) is 27.1 Å². The molecule has 0 aliphatic rings. The molecule has 0 bridgehead atoms. The molecule has 0 aliphatic heterocycles. The minimum Gasteiger partial charge on any atom is -0.480 e. The first-order chi connectivity index (χ1) is 6.92. The van der Waals surface area contributed by atoms with E-state index in [1.54, 1.807) is 12.1 Å². The van der Waals surface area contributed by atoms with Crippen molar-refractivity contribution in [2.24, 2.45) is 0 Å². The number of rotatable bonds is 3. The summed E-state index contributed by atoms with van der Waals surface area (Å²) in [6.45, 7) is 5.46. The van der Waals surface area contributed by atoms with E-state index in [1.165, 1.54) is 7.11 Å². The van der Waals surface area contributed by atoms with Crippen LogP contribution in [0.25, 0.3) is 0 Å². The van der Waals surface area contributed by atoms with Crippen molar-refractivity contribution in [2.45, 2.75) is 31.4 Å². The molecule has 6 heteroatoms. The summed E-state index contributed by atoms with van der Waals surface area (Å²) in [5.41, 5.74) is -0.480. The van der Waals surface area contributed by atoms with Gasteiger partial charge >= 0.3 is 0 Å². The van der Waals surface area contributed by atoms with E-state index < -0.39 is 16.7 Å². The van der Waals surface area contributed by atoms with Gasteiger partial charge in [-0.3, -0.25) is 4.18 Å². The lowest BCUT2D eigenvalue weighted by Crippen LogP contribution is -2.21. The fourth-order valence-corrected chi connectivity index (χ4v) is 1.60. The predicted octanol–water partition coefficient (Wildman–Crippen LogP) is 1.32. The Morgan fingerprint density at radius 2 is 1.93 bits per heavy atom. The third kappa shape index (κ3) is 3.93. The standard InChI is InChI=1S/C9H14N2O3S/c1-9(2,3)14-15(12)8-6-5-7(13-4)10-11-8/h5-6H,1-4H3. The molecular weight excluding hydrogens is 216 g/mol. The normalized spacial score (nSPS) is 13.6. The van der Waals surface area contributed by atoms with E-state index in [2.05, 4.69) is 10.2 Å². The number of hydrogen-bond acceptors (Lipinski definition) is 5. The van der Waals surface area contributed by atoms with Crippen LogP contribution in [0, 0.1) is 0 Å². The molecule has 0 fully saturated rings. The Hall–Kier alpha value is -1.01. The second-order valence-electron chi connectivity index (χ2n) is 3.84. The summed E-state index contributed by atoms with van der Waals surface area (Å²) in [4.78, 5) is 0. The Balaban J connectivity index is 2.75. The van der Waals surface area contributed by atoms with E-state index in [0.29, 0.717) is 5.88 Å². The van der Waals surface area contributed by atoms with Gasteiger partial charge in [0.25, 0.3) is 0 Å². The summed E-state index contributed by atoms with van der Waals surface area (Å²) >= 11 is -1.59. The average molecular weight is 230 g/mol. The maximum Gasteiger partial charge on any atom is 0.233 e. The fourth-order valence-electron chi connectivity index (χ4n) is 0.775. The molecule has 0 aromatic carbocycles. The van der Waals surface area contributed by atoms with Gasteiger partial charge in [0, 0.05) is 6.07 Å². The highest BCUT2D eigenvalue weighted by atomic mass is 32.2. The van der Waals surface area contributed by atoms with E-state index in [4.69, 9.17) is 8.92 Å². The van der Waals surface area contributed by atoms with Crippen molar-refractivity contribution >= 4 is 11.1 Å². The maximum absolute atomic E-state index is 11.6. The minimum atomic E-state index is -1.59. The molecule has 0 spiro atoms. The molecule has 84 valence electrons. The van der Waals surface area contributed by atoms with Gasteiger partial charge in [0.1, 0.15) is 0 Å². The Labute approximate surface area is 91.5 Å². The molecule has 1 aromatic heterocycles. The van der Waals surface area contributed by atoms with Gasteiger partial charge < -0.3 is 4.74 Å². The monoisotopic (exact) mass is 230 g/mol. The van der Waals surface area contributed by atoms with Gasteiger partial charge in [-0.1, -0.05) is 0 Å². The summed E-state index contributed by atoms with van der Waals surface area (Å²) in [5, 5.41) is 7.72. The summed E-state index contributed by atoms with van der Waals surface area (Å²) in [5.74, 6) is 0.381. The molecule has 0 N–H and O–H groups in total. The number of nitrogens with zero attached hydrogens (tertiary/aromatic N) is 2. The third-order valence-electron chi connectivity index (χ3n) is 1.32. The Morgan fingerprint density at radius 3 is 2.33 bits per heavy atom. The second-order valence-corrected chi connectivity index (χ2v) is 4.90. The van der Waals surface area contributed by atoms with Crippen molar-refractivity contribution in [2.75, 3.05) is 7.11 Å². The zero-order chi connectivity index (χ0) is 11.5. The van der Waals surface area contributed by atoms with Crippen molar-refractivity contribution in [3.8, 4) is 5.88 Å². The maximum atomic E-state index is 11.6. The number of hydrogen-bond donors (Lipinski definition) is 0. The molecule has 0 aliphatic carbocycles. The van der Waals surface area contributed by atoms with Gasteiger partial charge in [0.05, 0.1) is 12.7 Å². The van der Waals surface area contributed by atoms with Crippen molar-refractivity contribution in [3.63, 3.8) is 0 Å². The summed E-state index contributed by atoms with van der Waals surface area (Å²) < 4.78 is 21.7. The molecule has 0 amide bonds. The van der Waals surface area contributed by atoms with Gasteiger partial charge in [0.15, 0.2) is 5.03 Å². The largest absolute Gasteiger partial charge is 0.480 e. The van der Waals surface area contributed by atoms with Crippen LogP contribution in [0.5, 0.6) is 5.88 Å². The average Bonchev–Trinajstić information content (AvgIpc) is 2.15. The minimum absolute atomic E-state index is 0.283. The van der Waals surface area contributed by atoms with E-state index >= 15 is 0 Å². The molecule has 0 saturated carbocycles. The van der Waals surface area contributed by atoms with Crippen molar-refractivity contribution in [1.29, 1.82) is 0 Å². The Kier molecular flexibility index (Phi) is 3.76. The topological polar surface area (TPSA) is 61.3 Å². The van der Waals surface area contributed by atoms with Gasteiger partial charge in [-0.05, 0) is 26.8 Å². The van der Waals surface area contributed by atoms with Crippen LogP contribution in [-0.2, 0) is 15.3 Å². The molecule has 1 atom stereocenters. The SMILES string of the molecule is COc1ccc(S(=O)OC(C)(C)C)nn1. The van der Waals surface area contributed by atoms with Gasteiger partial charge in [-0.25, -0.2) is 4.21 Å². The lowest BCUT2D eigenvalue weighted by molar-refractivity contribution is 0.151. The molecule has 1 unspecified atom stereocenters. The van der Waals surface area contributed by atoms with Crippen LogP contribution in [0.4, 0.5) is 0 Å². The molecule has 0 saturated heterocycles. The zero-order valence-electron chi connectivity index (χ0n) is 9.18. The van der Waals surface area contributed by atoms with Gasteiger partial charge in [0.2, 0.25) is 17.0 Å². The third-order valence-corrected chi connectivity index (χ3v) is 2.53. The summed E-state index contributed by atoms with van der Waals surface area (Å²) in [7, 11) is 1.49. The highest BCUT2D eigenvalue weighted by molar-refractivity contribution is 7.80. The predicted molar refractivity (Wildman–Crippen MR) is 55.8 cm³/mol. The van der Waals surface area contributed by atoms with Crippen LogP contribution in [0.1, 0.15) is 20.8 Å². The molecule has 5 nitrogen and oxygen atoms in total. The number of ether oxygens (including phenoxy) is 1. The van der Waals surface area contributed by atoms with E-state index in [1.807, 2.05) is 20.8 Å². The van der Waals surface area contributed by atoms with Gasteiger partial charge in [-0.15, -0.1) is 10.2 Å². The number of methoxy groups -OCH3 is 1. The van der Waals surface area contributed by atoms with Gasteiger partial charge in [-0.2, -0.15) is 0 Å².